The number of pyridine rings is 2. The predicted octanol–water partition coefficient (Wildman–Crippen LogP) is 3.44. The average Bonchev–Trinajstić information content (AvgIpc) is 3.47. The molecule has 1 fully saturated rings. The molecule has 0 aliphatic carbocycles. The van der Waals surface area contributed by atoms with Crippen LogP contribution in [0.3, 0.4) is 0 Å². The quantitative estimate of drug-likeness (QED) is 0.539. The molecule has 2 atom stereocenters. The van der Waals surface area contributed by atoms with Gasteiger partial charge in [-0.2, -0.15) is 13.2 Å². The monoisotopic (exact) mass is 489 g/mol. The summed E-state index contributed by atoms with van der Waals surface area (Å²) < 4.78 is 40.3. The van der Waals surface area contributed by atoms with Gasteiger partial charge in [0.1, 0.15) is 29.4 Å². The van der Waals surface area contributed by atoms with Gasteiger partial charge in [0.15, 0.2) is 0 Å². The molecule has 0 spiro atoms. The highest BCUT2D eigenvalue weighted by Crippen LogP contribution is 2.31. The van der Waals surface area contributed by atoms with Gasteiger partial charge in [-0.25, -0.2) is 19.4 Å². The summed E-state index contributed by atoms with van der Waals surface area (Å²) >= 11 is 0. The molecule has 1 aliphatic rings. The second-order valence-electron chi connectivity index (χ2n) is 8.26. The van der Waals surface area contributed by atoms with Crippen molar-refractivity contribution in [2.75, 3.05) is 11.9 Å². The third kappa shape index (κ3) is 5.23. The van der Waals surface area contributed by atoms with Crippen molar-refractivity contribution in [1.82, 2.24) is 29.9 Å². The molecule has 4 heterocycles. The predicted molar refractivity (Wildman–Crippen MR) is 118 cm³/mol. The van der Waals surface area contributed by atoms with Crippen LogP contribution in [0.2, 0.25) is 0 Å². The molecule has 10 nitrogen and oxygen atoms in total. The molecule has 0 bridgehead atoms. The minimum Gasteiger partial charge on any atom is -0.480 e. The maximum Gasteiger partial charge on any atom is 0.416 e. The lowest BCUT2D eigenvalue weighted by Gasteiger charge is -2.24. The molecular weight excluding hydrogens is 467 g/mol. The molecule has 13 heteroatoms. The number of hydrogen-bond acceptors (Lipinski definition) is 7. The number of nitrogens with one attached hydrogen (secondary N) is 1. The van der Waals surface area contributed by atoms with Crippen molar-refractivity contribution in [3.8, 4) is 11.4 Å². The van der Waals surface area contributed by atoms with Crippen molar-refractivity contribution in [1.29, 1.82) is 0 Å². The zero-order chi connectivity index (χ0) is 25.3. The highest BCUT2D eigenvalue weighted by Gasteiger charge is 2.36. The number of amides is 1. The van der Waals surface area contributed by atoms with Crippen molar-refractivity contribution in [2.24, 2.45) is 0 Å². The summed E-state index contributed by atoms with van der Waals surface area (Å²) in [6, 6.07) is 3.48. The molecule has 0 aromatic carbocycles. The Hall–Kier alpha value is -4.03. The van der Waals surface area contributed by atoms with Crippen LogP contribution in [0, 0.1) is 6.92 Å². The van der Waals surface area contributed by atoms with E-state index in [9.17, 15) is 27.9 Å². The second-order valence-corrected chi connectivity index (χ2v) is 8.26. The molecule has 0 saturated carbocycles. The van der Waals surface area contributed by atoms with E-state index < -0.39 is 29.8 Å². The fourth-order valence-electron chi connectivity index (χ4n) is 3.89. The van der Waals surface area contributed by atoms with Gasteiger partial charge in [-0.05, 0) is 56.5 Å². The van der Waals surface area contributed by atoms with Crippen LogP contribution in [0.4, 0.5) is 24.8 Å². The molecule has 1 unspecified atom stereocenters. The summed E-state index contributed by atoms with van der Waals surface area (Å²) in [7, 11) is 0. The van der Waals surface area contributed by atoms with Crippen LogP contribution in [0.15, 0.2) is 36.7 Å². The van der Waals surface area contributed by atoms with Gasteiger partial charge in [-0.15, -0.1) is 5.10 Å². The number of likely N-dealkylation sites (tertiary alicyclic amines) is 1. The number of halogens is 3. The van der Waals surface area contributed by atoms with Gasteiger partial charge in [-0.1, -0.05) is 5.21 Å². The first-order chi connectivity index (χ1) is 16.5. The number of rotatable bonds is 6. The number of nitrogens with zero attached hydrogens (tertiary/aromatic N) is 6. The van der Waals surface area contributed by atoms with Gasteiger partial charge >= 0.3 is 12.1 Å². The molecule has 1 aliphatic heterocycles. The van der Waals surface area contributed by atoms with Gasteiger partial charge in [0.05, 0.1) is 17.5 Å². The zero-order valence-electron chi connectivity index (χ0n) is 18.8. The molecule has 1 amide bonds. The van der Waals surface area contributed by atoms with Crippen molar-refractivity contribution in [3.05, 3.63) is 47.8 Å². The van der Waals surface area contributed by atoms with E-state index >= 15 is 0 Å². The van der Waals surface area contributed by atoms with Gasteiger partial charge in [0.2, 0.25) is 5.91 Å². The lowest BCUT2D eigenvalue weighted by Crippen LogP contribution is -2.43. The van der Waals surface area contributed by atoms with Crippen molar-refractivity contribution < 1.29 is 27.9 Å². The standard InChI is InChI=1S/C22H22F3N7O3/c1-12-8-15(27-19(9-12)28-18-10-14(5-6-26-18)22(23,24)25)16-11-32(30-29-16)13(2)20(33)31-7-3-4-17(31)21(34)35/h5-6,8-11,13,17H,3-4,7H2,1-2H3,(H,34,35)(H,26,27,28)/t13-,17?/m0/s1. The first-order valence-corrected chi connectivity index (χ1v) is 10.8. The summed E-state index contributed by atoms with van der Waals surface area (Å²) in [6.07, 6.45) is -0.914. The largest absolute Gasteiger partial charge is 0.480 e. The van der Waals surface area contributed by atoms with Gasteiger partial charge in [0, 0.05) is 12.7 Å². The van der Waals surface area contributed by atoms with Crippen LogP contribution in [0.5, 0.6) is 0 Å². The van der Waals surface area contributed by atoms with E-state index in [1.165, 1.54) is 15.8 Å². The molecule has 184 valence electrons. The Bertz CT molecular complexity index is 1260. The number of alkyl halides is 3. The van der Waals surface area contributed by atoms with E-state index in [1.807, 2.05) is 0 Å². The topological polar surface area (TPSA) is 126 Å². The van der Waals surface area contributed by atoms with Crippen LogP contribution in [-0.2, 0) is 15.8 Å². The molecule has 2 N–H and O–H groups in total. The number of aliphatic carboxylic acids is 1. The molecule has 3 aromatic heterocycles. The minimum atomic E-state index is -4.50. The normalized spacial score (nSPS) is 16.8. The third-order valence-corrected chi connectivity index (χ3v) is 5.66. The smallest absolute Gasteiger partial charge is 0.416 e. The van der Waals surface area contributed by atoms with Crippen LogP contribution in [-0.4, -0.2) is 59.4 Å². The Kier molecular flexibility index (Phi) is 6.41. The fraction of sp³-hybridized carbons (Fsp3) is 0.364. The van der Waals surface area contributed by atoms with E-state index in [4.69, 9.17) is 0 Å². The second kappa shape index (κ2) is 9.31. The highest BCUT2D eigenvalue weighted by atomic mass is 19.4. The SMILES string of the molecule is Cc1cc(Nc2cc(C(F)(F)F)ccn2)nc(-c2cn([C@@H](C)C(=O)N3CCCC3C(=O)O)nn2)c1. The van der Waals surface area contributed by atoms with E-state index in [0.29, 0.717) is 30.8 Å². The summed E-state index contributed by atoms with van der Waals surface area (Å²) in [5, 5.41) is 20.2. The maximum atomic E-state index is 13.0. The van der Waals surface area contributed by atoms with E-state index in [1.54, 1.807) is 26.0 Å². The van der Waals surface area contributed by atoms with Crippen LogP contribution in [0.25, 0.3) is 11.4 Å². The van der Waals surface area contributed by atoms with E-state index in [0.717, 1.165) is 23.9 Å². The zero-order valence-corrected chi connectivity index (χ0v) is 18.8. The maximum absolute atomic E-state index is 13.0. The number of hydrogen-bond donors (Lipinski definition) is 2. The van der Waals surface area contributed by atoms with E-state index in [-0.39, 0.29) is 17.5 Å². The van der Waals surface area contributed by atoms with Crippen LogP contribution in [0.1, 0.15) is 36.9 Å². The Balaban J connectivity index is 1.55. The Morgan fingerprint density at radius 1 is 1.20 bits per heavy atom. The summed E-state index contributed by atoms with van der Waals surface area (Å²) in [6.45, 7) is 3.75. The average molecular weight is 489 g/mol. The lowest BCUT2D eigenvalue weighted by atomic mass is 10.2. The summed E-state index contributed by atoms with van der Waals surface area (Å²) in [5.74, 6) is -1.18. The number of carboxylic acids is 1. The Labute approximate surface area is 197 Å². The number of aryl methyl sites for hydroxylation is 1. The Morgan fingerprint density at radius 3 is 2.69 bits per heavy atom. The first-order valence-electron chi connectivity index (χ1n) is 10.8. The fourth-order valence-corrected chi connectivity index (χ4v) is 3.89. The summed E-state index contributed by atoms with van der Waals surface area (Å²) in [5.41, 5.74) is 0.636. The molecule has 4 rings (SSSR count). The molecule has 35 heavy (non-hydrogen) atoms. The minimum absolute atomic E-state index is 0.0228. The van der Waals surface area contributed by atoms with Crippen molar-refractivity contribution in [2.45, 2.75) is 44.9 Å². The van der Waals surface area contributed by atoms with Crippen molar-refractivity contribution >= 4 is 23.5 Å². The van der Waals surface area contributed by atoms with E-state index in [2.05, 4.69) is 25.6 Å². The van der Waals surface area contributed by atoms with Gasteiger partial charge < -0.3 is 15.3 Å². The van der Waals surface area contributed by atoms with Crippen molar-refractivity contribution in [3.63, 3.8) is 0 Å². The molecule has 1 saturated heterocycles. The number of carbonyl (C=O) groups is 2. The number of carboxylic acid groups (broad SMARTS) is 1. The molecule has 0 radical (unpaired) electrons. The molecule has 3 aromatic rings. The number of carbonyl (C=O) groups excluding carboxylic acids is 1. The van der Waals surface area contributed by atoms with Gasteiger partial charge in [0.25, 0.3) is 0 Å². The third-order valence-electron chi connectivity index (χ3n) is 5.66. The van der Waals surface area contributed by atoms with Crippen LogP contribution < -0.4 is 5.32 Å². The molecular formula is C22H22F3N7O3. The van der Waals surface area contributed by atoms with Gasteiger partial charge in [-0.3, -0.25) is 4.79 Å². The number of anilines is 2. The lowest BCUT2D eigenvalue weighted by molar-refractivity contribution is -0.149. The summed E-state index contributed by atoms with van der Waals surface area (Å²) in [4.78, 5) is 34.0. The Morgan fingerprint density at radius 2 is 1.97 bits per heavy atom. The first kappa shape index (κ1) is 24.1. The highest BCUT2D eigenvalue weighted by molar-refractivity contribution is 5.86. The van der Waals surface area contributed by atoms with Crippen LogP contribution >= 0.6 is 0 Å². The number of aromatic nitrogens is 5.